The maximum Gasteiger partial charge on any atom is 0.487 e. The van der Waals surface area contributed by atoms with Crippen molar-refractivity contribution < 1.29 is 33.6 Å². The normalized spacial score (nSPS) is 21.0. The van der Waals surface area contributed by atoms with Gasteiger partial charge < -0.3 is 48.1 Å². The largest absolute Gasteiger partial charge is 0.487 e. The summed E-state index contributed by atoms with van der Waals surface area (Å²) in [5.74, 6) is -3.11. The number of amides is 3. The number of nitrogens with two attached hydrogens (primary N) is 3. The average molecular weight is 587 g/mol. The molecule has 3 amide bonds. The van der Waals surface area contributed by atoms with Gasteiger partial charge in [-0.05, 0) is 57.9 Å². The Morgan fingerprint density at radius 3 is 2.27 bits per heavy atom. The van der Waals surface area contributed by atoms with Gasteiger partial charge in [0, 0.05) is 19.5 Å². The van der Waals surface area contributed by atoms with Gasteiger partial charge in [0.25, 0.3) is 0 Å². The fourth-order valence-electron chi connectivity index (χ4n) is 4.95. The van der Waals surface area contributed by atoms with Crippen LogP contribution in [0, 0.1) is 11.3 Å². The van der Waals surface area contributed by atoms with Crippen LogP contribution in [0.1, 0.15) is 72.1 Å². The maximum absolute atomic E-state index is 14.4. The molecule has 16 heteroatoms. The number of likely N-dealkylation sites (tertiary alicyclic amines) is 1. The van der Waals surface area contributed by atoms with E-state index in [9.17, 15) is 33.6 Å². The molecule has 14 nitrogen and oxygen atoms in total. The lowest BCUT2D eigenvalue weighted by atomic mass is 9.57. The Labute approximate surface area is 241 Å². The zero-order valence-electron chi connectivity index (χ0n) is 24.3. The predicted octanol–water partition coefficient (Wildman–Crippen LogP) is -1.98. The smallest absolute Gasteiger partial charge is 0.425 e. The van der Waals surface area contributed by atoms with Crippen LogP contribution < -0.4 is 33.2 Å². The number of alkyl halides is 1. The van der Waals surface area contributed by atoms with Crippen molar-refractivity contribution in [2.24, 2.45) is 23.1 Å². The number of guanidine groups is 1. The number of Topliss-reactive ketones (excluding diaryl/α,β-unsaturated/α-hetero) is 1. The molecule has 1 aliphatic rings. The van der Waals surface area contributed by atoms with Gasteiger partial charge in [0.2, 0.25) is 17.7 Å². The number of piperidine rings is 1. The number of carbonyl (C=O) groups excluding carboxylic acids is 4. The summed E-state index contributed by atoms with van der Waals surface area (Å²) in [5, 5.41) is 35.6. The van der Waals surface area contributed by atoms with Gasteiger partial charge in [0.05, 0.1) is 6.04 Å². The lowest BCUT2D eigenvalue weighted by Crippen LogP contribution is -2.71. The lowest BCUT2D eigenvalue weighted by molar-refractivity contribution is -0.149. The van der Waals surface area contributed by atoms with Crippen molar-refractivity contribution in [3.05, 3.63) is 0 Å². The van der Waals surface area contributed by atoms with E-state index in [-0.39, 0.29) is 50.7 Å². The van der Waals surface area contributed by atoms with Crippen LogP contribution in [0.4, 0.5) is 4.39 Å². The Bertz CT molecular complexity index is 913. The van der Waals surface area contributed by atoms with E-state index in [1.54, 1.807) is 0 Å². The zero-order chi connectivity index (χ0) is 31.3. The average Bonchev–Trinajstić information content (AvgIpc) is 2.88. The molecule has 0 spiro atoms. The molecule has 0 aliphatic carbocycles. The first-order valence-corrected chi connectivity index (χ1v) is 14.1. The summed E-state index contributed by atoms with van der Waals surface area (Å²) in [6.45, 7) is 5.13. The first-order chi connectivity index (χ1) is 19.2. The van der Waals surface area contributed by atoms with Crippen molar-refractivity contribution >= 4 is 36.6 Å². The van der Waals surface area contributed by atoms with E-state index in [2.05, 4.69) is 16.0 Å². The van der Waals surface area contributed by atoms with E-state index in [0.717, 1.165) is 11.8 Å². The fourth-order valence-corrected chi connectivity index (χ4v) is 4.95. The second-order valence-corrected chi connectivity index (χ2v) is 11.1. The number of nitrogens with one attached hydrogen (secondary N) is 4. The molecule has 1 saturated heterocycles. The topological polar surface area (TPSA) is 250 Å². The van der Waals surface area contributed by atoms with E-state index < -0.39 is 66.8 Å². The van der Waals surface area contributed by atoms with Gasteiger partial charge in [-0.15, -0.1) is 0 Å². The molecular formula is C25H48BFN8O6. The molecule has 1 rings (SSSR count). The van der Waals surface area contributed by atoms with Crippen molar-refractivity contribution in [3.8, 4) is 0 Å². The third-order valence-electron chi connectivity index (χ3n) is 7.23. The van der Waals surface area contributed by atoms with Crippen LogP contribution in [0.25, 0.3) is 0 Å². The van der Waals surface area contributed by atoms with Gasteiger partial charge in [-0.2, -0.15) is 0 Å². The quantitative estimate of drug-likeness (QED) is 0.0393. The molecule has 2 unspecified atom stereocenters. The highest BCUT2D eigenvalue weighted by atomic mass is 19.1. The van der Waals surface area contributed by atoms with E-state index in [1.165, 1.54) is 0 Å². The SMILES string of the molecule is CC(=O)C1(B(O)O)CC(F)CCN1C(=O)[C@H](CCCNC(=N)N)NC(=O)[C@H](CC(C)C)NC(=O)[C@@H](N)CCCCN. The van der Waals surface area contributed by atoms with Crippen molar-refractivity contribution in [2.75, 3.05) is 19.6 Å². The first kappa shape index (κ1) is 36.2. The minimum atomic E-state index is -2.35. The highest BCUT2D eigenvalue weighted by molar-refractivity contribution is 6.53. The van der Waals surface area contributed by atoms with Gasteiger partial charge in [-0.1, -0.05) is 20.3 Å². The third-order valence-corrected chi connectivity index (χ3v) is 7.23. The molecule has 0 bridgehead atoms. The van der Waals surface area contributed by atoms with Crippen LogP contribution >= 0.6 is 0 Å². The summed E-state index contributed by atoms with van der Waals surface area (Å²) in [5.41, 5.74) is 14.6. The van der Waals surface area contributed by atoms with E-state index in [4.69, 9.17) is 22.6 Å². The summed E-state index contributed by atoms with van der Waals surface area (Å²) >= 11 is 0. The van der Waals surface area contributed by atoms with Crippen LogP contribution in [0.5, 0.6) is 0 Å². The summed E-state index contributed by atoms with van der Waals surface area (Å²) < 4.78 is 14.4. The predicted molar refractivity (Wildman–Crippen MR) is 153 cm³/mol. The molecule has 41 heavy (non-hydrogen) atoms. The first-order valence-electron chi connectivity index (χ1n) is 14.1. The number of halogens is 1. The standard InChI is InChI=1S/C25H48BFN8O6/c1-15(2)13-20(34-21(37)18(29)7-4-5-10-28)22(38)33-19(8-6-11-32-24(30)31)23(39)35-12-9-17(27)14-25(35,16(3)36)26(40)41/h15,17-20,40-41H,4-14,28-29H2,1-3H3,(H,33,38)(H,34,37)(H4,30,31,32)/t17?,18-,19-,20-,25?/m0/s1. The number of rotatable bonds is 17. The lowest BCUT2D eigenvalue weighted by Gasteiger charge is -2.47. The molecule has 234 valence electrons. The fraction of sp³-hybridized carbons (Fsp3) is 0.800. The molecule has 1 heterocycles. The number of hydrogen-bond donors (Lipinski definition) is 9. The Kier molecular flexibility index (Phi) is 15.2. The molecule has 0 aromatic heterocycles. The number of hydrogen-bond acceptors (Lipinski definition) is 9. The second kappa shape index (κ2) is 17.2. The third kappa shape index (κ3) is 10.8. The molecule has 0 radical (unpaired) electrons. The number of nitrogens with zero attached hydrogens (tertiary/aromatic N) is 1. The van der Waals surface area contributed by atoms with E-state index in [1.807, 2.05) is 13.8 Å². The van der Waals surface area contributed by atoms with Gasteiger partial charge in [-0.25, -0.2) is 4.39 Å². The van der Waals surface area contributed by atoms with Crippen LogP contribution in [0.2, 0.25) is 0 Å². The molecule has 1 aliphatic heterocycles. The van der Waals surface area contributed by atoms with Gasteiger partial charge in [-0.3, -0.25) is 24.6 Å². The van der Waals surface area contributed by atoms with E-state index >= 15 is 0 Å². The van der Waals surface area contributed by atoms with Gasteiger partial charge in [0.1, 0.15) is 23.7 Å². The van der Waals surface area contributed by atoms with Crippen LogP contribution in [0.15, 0.2) is 0 Å². The van der Waals surface area contributed by atoms with Gasteiger partial charge in [0.15, 0.2) is 11.7 Å². The Hall–Kier alpha value is -2.82. The summed E-state index contributed by atoms with van der Waals surface area (Å²) in [7, 11) is -2.35. The maximum atomic E-state index is 14.4. The Balaban J connectivity index is 3.25. The second-order valence-electron chi connectivity index (χ2n) is 11.1. The molecule has 5 atom stereocenters. The van der Waals surface area contributed by atoms with Gasteiger partial charge >= 0.3 is 7.12 Å². The number of carbonyl (C=O) groups is 4. The van der Waals surface area contributed by atoms with Crippen molar-refractivity contribution in [2.45, 2.75) is 102 Å². The Morgan fingerprint density at radius 2 is 1.73 bits per heavy atom. The minimum Gasteiger partial charge on any atom is -0.425 e. The Morgan fingerprint density at radius 1 is 1.10 bits per heavy atom. The summed E-state index contributed by atoms with van der Waals surface area (Å²) in [4.78, 5) is 53.6. The van der Waals surface area contributed by atoms with Crippen molar-refractivity contribution in [3.63, 3.8) is 0 Å². The number of unbranched alkanes of at least 4 members (excludes halogenated alkanes) is 1. The molecule has 0 saturated carbocycles. The van der Waals surface area contributed by atoms with Crippen LogP contribution in [-0.2, 0) is 19.2 Å². The molecule has 12 N–H and O–H groups in total. The zero-order valence-corrected chi connectivity index (χ0v) is 24.3. The monoisotopic (exact) mass is 586 g/mol. The molecule has 1 fully saturated rings. The summed E-state index contributed by atoms with van der Waals surface area (Å²) in [6, 6.07) is -3.16. The van der Waals surface area contributed by atoms with E-state index in [0.29, 0.717) is 25.8 Å². The number of ketones is 1. The van der Waals surface area contributed by atoms with Crippen molar-refractivity contribution in [1.29, 1.82) is 5.41 Å². The highest BCUT2D eigenvalue weighted by Gasteiger charge is 2.57. The van der Waals surface area contributed by atoms with Crippen LogP contribution in [0.3, 0.4) is 0 Å². The summed E-state index contributed by atoms with van der Waals surface area (Å²) in [6.07, 6.45) is -0.0682. The molecular weight excluding hydrogens is 538 g/mol. The molecule has 0 aromatic carbocycles. The van der Waals surface area contributed by atoms with Crippen molar-refractivity contribution in [1.82, 2.24) is 20.9 Å². The molecule has 0 aromatic rings. The highest BCUT2D eigenvalue weighted by Crippen LogP contribution is 2.33. The minimum absolute atomic E-state index is 0.0108. The van der Waals surface area contributed by atoms with Crippen LogP contribution in [-0.4, -0.2) is 101 Å².